The summed E-state index contributed by atoms with van der Waals surface area (Å²) in [6.45, 7) is 2.14. The summed E-state index contributed by atoms with van der Waals surface area (Å²) in [5.74, 6) is -6.00. The third kappa shape index (κ3) is 6.42. The molecule has 33 heavy (non-hydrogen) atoms. The van der Waals surface area contributed by atoms with Gasteiger partial charge in [-0.05, 0) is 68.8 Å². The van der Waals surface area contributed by atoms with Gasteiger partial charge in [-0.25, -0.2) is 13.2 Å². The van der Waals surface area contributed by atoms with Gasteiger partial charge in [0.25, 0.3) is 0 Å². The summed E-state index contributed by atoms with van der Waals surface area (Å²) in [4.78, 5) is 0. The molecule has 3 rings (SSSR count). The largest absolute Gasteiger partial charge is 0.445 e. The Morgan fingerprint density at radius 3 is 1.70 bits per heavy atom. The van der Waals surface area contributed by atoms with E-state index in [0.717, 1.165) is 43.4 Å². The Hall–Kier alpha value is -1.79. The first-order valence-electron chi connectivity index (χ1n) is 11.9. The van der Waals surface area contributed by atoms with Gasteiger partial charge >= 0.3 is 6.18 Å². The summed E-state index contributed by atoms with van der Waals surface area (Å²) in [6, 6.07) is 5.20. The fraction of sp³-hybridized carbons (Fsp3) is 0.615. The van der Waals surface area contributed by atoms with Crippen LogP contribution in [0, 0.1) is 17.8 Å². The molecule has 2 fully saturated rings. The van der Waals surface area contributed by atoms with Gasteiger partial charge in [-0.3, -0.25) is 0 Å². The number of allylic oxidation sites excluding steroid dienone is 3. The predicted octanol–water partition coefficient (Wildman–Crippen LogP) is 9.89. The van der Waals surface area contributed by atoms with Crippen LogP contribution >= 0.6 is 0 Å². The van der Waals surface area contributed by atoms with Crippen LogP contribution in [0.3, 0.4) is 0 Å². The summed E-state index contributed by atoms with van der Waals surface area (Å²) in [6.07, 6.45) is 2.35. The van der Waals surface area contributed by atoms with Crippen LogP contribution in [-0.2, 0) is 0 Å². The quantitative estimate of drug-likeness (QED) is 0.358. The standard InChI is InChI=1S/C26H31F7/c1-2-3-16-4-6-19(7-5-16)22(27)23(28)20-12-8-17(9-13-20)18-10-14-21(15-11-18)24(29)25(30)26(31,32)33/h10-11,14-17,19-20H,2-9,12-13H2,1H3/b23-22+,25-24+. The van der Waals surface area contributed by atoms with Crippen molar-refractivity contribution in [2.45, 2.75) is 83.2 Å². The Bertz CT molecular complexity index is 834. The van der Waals surface area contributed by atoms with E-state index in [1.54, 1.807) is 0 Å². The molecule has 0 heterocycles. The van der Waals surface area contributed by atoms with Gasteiger partial charge in [0.15, 0.2) is 5.83 Å². The second-order valence-electron chi connectivity index (χ2n) is 9.50. The van der Waals surface area contributed by atoms with Gasteiger partial charge in [0.2, 0.25) is 5.83 Å². The highest BCUT2D eigenvalue weighted by atomic mass is 19.4. The minimum atomic E-state index is -5.37. The minimum Gasteiger partial charge on any atom is -0.209 e. The van der Waals surface area contributed by atoms with E-state index in [9.17, 15) is 30.7 Å². The molecular weight excluding hydrogens is 445 g/mol. The van der Waals surface area contributed by atoms with E-state index in [0.29, 0.717) is 44.4 Å². The van der Waals surface area contributed by atoms with E-state index in [1.807, 2.05) is 0 Å². The third-order valence-electron chi connectivity index (χ3n) is 7.29. The van der Waals surface area contributed by atoms with E-state index >= 15 is 0 Å². The lowest BCUT2D eigenvalue weighted by atomic mass is 9.76. The second-order valence-corrected chi connectivity index (χ2v) is 9.50. The number of alkyl halides is 3. The Balaban J connectivity index is 1.58. The fourth-order valence-corrected chi connectivity index (χ4v) is 5.34. The molecule has 0 saturated heterocycles. The fourth-order valence-electron chi connectivity index (χ4n) is 5.34. The molecule has 0 aromatic heterocycles. The van der Waals surface area contributed by atoms with E-state index < -0.39 is 41.0 Å². The van der Waals surface area contributed by atoms with Crippen LogP contribution in [0.15, 0.2) is 41.7 Å². The van der Waals surface area contributed by atoms with Gasteiger partial charge in [-0.2, -0.15) is 17.6 Å². The van der Waals surface area contributed by atoms with E-state index in [-0.39, 0.29) is 11.8 Å². The van der Waals surface area contributed by atoms with Crippen LogP contribution in [-0.4, -0.2) is 6.18 Å². The van der Waals surface area contributed by atoms with Crippen molar-refractivity contribution in [1.29, 1.82) is 0 Å². The average Bonchev–Trinajstić information content (AvgIpc) is 2.82. The third-order valence-corrected chi connectivity index (χ3v) is 7.29. The van der Waals surface area contributed by atoms with Crippen LogP contribution in [0.4, 0.5) is 30.7 Å². The molecule has 1 aromatic rings. The van der Waals surface area contributed by atoms with Crippen molar-refractivity contribution in [2.75, 3.05) is 0 Å². The smallest absolute Gasteiger partial charge is 0.209 e. The van der Waals surface area contributed by atoms with Crippen molar-refractivity contribution < 1.29 is 30.7 Å². The molecule has 0 spiro atoms. The molecule has 0 N–H and O–H groups in total. The molecule has 2 aliphatic carbocycles. The van der Waals surface area contributed by atoms with E-state index in [2.05, 4.69) is 6.92 Å². The van der Waals surface area contributed by atoms with Crippen molar-refractivity contribution >= 4 is 5.83 Å². The van der Waals surface area contributed by atoms with Crippen LogP contribution in [0.2, 0.25) is 0 Å². The van der Waals surface area contributed by atoms with Gasteiger partial charge < -0.3 is 0 Å². The maximum Gasteiger partial charge on any atom is 0.445 e. The van der Waals surface area contributed by atoms with E-state index in [4.69, 9.17) is 0 Å². The molecule has 0 unspecified atom stereocenters. The maximum absolute atomic E-state index is 14.9. The molecule has 2 aliphatic rings. The monoisotopic (exact) mass is 476 g/mol. The van der Waals surface area contributed by atoms with Crippen LogP contribution in [0.5, 0.6) is 0 Å². The zero-order chi connectivity index (χ0) is 24.2. The Morgan fingerprint density at radius 1 is 0.758 bits per heavy atom. The molecule has 0 radical (unpaired) electrons. The lowest BCUT2D eigenvalue weighted by molar-refractivity contribution is -0.108. The predicted molar refractivity (Wildman–Crippen MR) is 116 cm³/mol. The lowest BCUT2D eigenvalue weighted by Gasteiger charge is -2.31. The first-order chi connectivity index (χ1) is 15.6. The molecule has 0 nitrogen and oxygen atoms in total. The normalized spacial score (nSPS) is 28.2. The molecule has 0 amide bonds. The van der Waals surface area contributed by atoms with Gasteiger partial charge in [0, 0.05) is 17.4 Å². The number of benzene rings is 1. The molecule has 2 saturated carbocycles. The summed E-state index contributed by atoms with van der Waals surface area (Å²) >= 11 is 0. The van der Waals surface area contributed by atoms with E-state index in [1.165, 1.54) is 12.1 Å². The zero-order valence-corrected chi connectivity index (χ0v) is 18.8. The lowest BCUT2D eigenvalue weighted by Crippen LogP contribution is -2.19. The van der Waals surface area contributed by atoms with Crippen molar-refractivity contribution in [3.63, 3.8) is 0 Å². The van der Waals surface area contributed by atoms with Crippen molar-refractivity contribution in [2.24, 2.45) is 17.8 Å². The molecule has 0 atom stereocenters. The van der Waals surface area contributed by atoms with Crippen molar-refractivity contribution in [3.05, 3.63) is 52.9 Å². The van der Waals surface area contributed by atoms with Crippen LogP contribution in [0.25, 0.3) is 5.83 Å². The number of hydrogen-bond acceptors (Lipinski definition) is 0. The Kier molecular flexibility index (Phi) is 8.68. The van der Waals surface area contributed by atoms with Gasteiger partial charge in [0.05, 0.1) is 0 Å². The zero-order valence-electron chi connectivity index (χ0n) is 18.8. The summed E-state index contributed by atoms with van der Waals surface area (Å²) in [5, 5.41) is 0. The Morgan fingerprint density at radius 2 is 1.24 bits per heavy atom. The highest BCUT2D eigenvalue weighted by Gasteiger charge is 2.38. The van der Waals surface area contributed by atoms with Crippen LogP contribution in [0.1, 0.15) is 88.2 Å². The van der Waals surface area contributed by atoms with Gasteiger partial charge in [-0.1, -0.05) is 44.0 Å². The average molecular weight is 477 g/mol. The molecule has 0 aliphatic heterocycles. The van der Waals surface area contributed by atoms with Gasteiger partial charge in [0.1, 0.15) is 11.7 Å². The van der Waals surface area contributed by atoms with Crippen molar-refractivity contribution in [3.8, 4) is 0 Å². The highest BCUT2D eigenvalue weighted by Crippen LogP contribution is 2.44. The first-order valence-corrected chi connectivity index (χ1v) is 11.9. The molecular formula is C26H31F7. The molecule has 184 valence electrons. The molecule has 1 aromatic carbocycles. The number of hydrogen-bond donors (Lipinski definition) is 0. The number of rotatable bonds is 6. The molecule has 7 heteroatoms. The maximum atomic E-state index is 14.9. The number of halogens is 7. The van der Waals surface area contributed by atoms with Crippen molar-refractivity contribution in [1.82, 2.24) is 0 Å². The Labute approximate surface area is 190 Å². The first kappa shape index (κ1) is 25.8. The van der Waals surface area contributed by atoms with Gasteiger partial charge in [-0.15, -0.1) is 0 Å². The summed E-state index contributed by atoms with van der Waals surface area (Å²) < 4.78 is 93.6. The topological polar surface area (TPSA) is 0 Å². The summed E-state index contributed by atoms with van der Waals surface area (Å²) in [7, 11) is 0. The second kappa shape index (κ2) is 11.1. The molecule has 0 bridgehead atoms. The SMILES string of the molecule is CCCC1CCC(/C(F)=C(\F)C2CCC(c3ccc(/C(F)=C(\F)C(F)(F)F)cc3)CC2)CC1. The minimum absolute atomic E-state index is 0.0233. The highest BCUT2D eigenvalue weighted by molar-refractivity contribution is 5.62. The van der Waals surface area contributed by atoms with Crippen LogP contribution < -0.4 is 0 Å². The summed E-state index contributed by atoms with van der Waals surface area (Å²) in [5.41, 5.74) is 0.295.